The van der Waals surface area contributed by atoms with Crippen LogP contribution < -0.4 is 0 Å². The number of halogens is 6. The van der Waals surface area contributed by atoms with Gasteiger partial charge in [0, 0.05) is 38.6 Å². The van der Waals surface area contributed by atoms with Crippen LogP contribution in [0, 0.1) is 22.7 Å². The van der Waals surface area contributed by atoms with Crippen molar-refractivity contribution in [2.45, 2.75) is 12.4 Å². The van der Waals surface area contributed by atoms with Gasteiger partial charge in [-0.05, 0) is 124 Å². The molecule has 0 spiro atoms. The second-order valence-corrected chi connectivity index (χ2v) is 17.5. The molecule has 0 N–H and O–H groups in total. The van der Waals surface area contributed by atoms with Crippen molar-refractivity contribution in [2.24, 2.45) is 0 Å². The van der Waals surface area contributed by atoms with Crippen molar-refractivity contribution >= 4 is 21.8 Å². The van der Waals surface area contributed by atoms with Crippen molar-refractivity contribution < 1.29 is 26.3 Å². The number of nitrogens with zero attached hydrogens (tertiary/aromatic N) is 5. The molecule has 0 amide bonds. The monoisotopic (exact) mass is 963 g/mol. The summed E-state index contributed by atoms with van der Waals surface area (Å²) in [5.41, 5.74) is 7.26. The Morgan fingerprint density at radius 1 is 0.356 bits per heavy atom. The molecule has 0 unspecified atom stereocenters. The molecule has 11 heteroatoms. The average molecular weight is 964 g/mol. The zero-order valence-corrected chi connectivity index (χ0v) is 38.2. The summed E-state index contributed by atoms with van der Waals surface area (Å²) in [6.07, 6.45) is -9.50. The van der Waals surface area contributed by atoms with Gasteiger partial charge in [0.25, 0.3) is 0 Å². The molecule has 0 saturated carbocycles. The molecular weight excluding hydrogens is 929 g/mol. The third-order valence-electron chi connectivity index (χ3n) is 12.9. The van der Waals surface area contributed by atoms with Gasteiger partial charge in [-0.15, -0.1) is 0 Å². The first-order valence-corrected chi connectivity index (χ1v) is 23.0. The lowest BCUT2D eigenvalue weighted by molar-refractivity contribution is -0.138. The minimum Gasteiger partial charge on any atom is -0.308 e. The largest absolute Gasteiger partial charge is 0.416 e. The highest BCUT2D eigenvalue weighted by atomic mass is 19.4. The fraction of sp³-hybridized carbons (Fsp3) is 0.0323. The van der Waals surface area contributed by atoms with E-state index in [0.717, 1.165) is 57.6 Å². The number of benzene rings is 9. The maximum Gasteiger partial charge on any atom is 0.416 e. The van der Waals surface area contributed by atoms with Crippen LogP contribution in [-0.2, 0) is 12.4 Å². The summed E-state index contributed by atoms with van der Waals surface area (Å²) in [5.74, 6) is 0.184. The van der Waals surface area contributed by atoms with Gasteiger partial charge >= 0.3 is 12.4 Å². The Kier molecular flexibility index (Phi) is 11.5. The van der Waals surface area contributed by atoms with Gasteiger partial charge in [-0.1, -0.05) is 121 Å². The van der Waals surface area contributed by atoms with E-state index >= 15 is 0 Å². The number of aromatic nitrogens is 3. The molecule has 0 atom stereocenters. The molecule has 0 radical (unpaired) electrons. The fourth-order valence-electron chi connectivity index (χ4n) is 9.42. The Labute approximate surface area is 414 Å². The van der Waals surface area contributed by atoms with Crippen LogP contribution in [0.5, 0.6) is 0 Å². The van der Waals surface area contributed by atoms with Gasteiger partial charge in [0.15, 0.2) is 5.82 Å². The van der Waals surface area contributed by atoms with Gasteiger partial charge in [-0.25, -0.2) is 9.97 Å². The zero-order chi connectivity index (χ0) is 50.4. The zero-order valence-electron chi connectivity index (χ0n) is 38.2. The molecule has 0 bridgehead atoms. The van der Waals surface area contributed by atoms with Gasteiger partial charge < -0.3 is 4.57 Å². The van der Waals surface area contributed by atoms with Crippen molar-refractivity contribution in [3.8, 4) is 96.2 Å². The summed E-state index contributed by atoms with van der Waals surface area (Å²) in [5, 5.41) is 21.0. The highest BCUT2D eigenvalue weighted by Gasteiger charge is 2.33. The van der Waals surface area contributed by atoms with Crippen LogP contribution in [0.25, 0.3) is 106 Å². The van der Waals surface area contributed by atoms with Gasteiger partial charge in [0.05, 0.1) is 62.5 Å². The first kappa shape index (κ1) is 45.8. The normalized spacial score (nSPS) is 11.7. The first-order chi connectivity index (χ1) is 35.3. The van der Waals surface area contributed by atoms with Gasteiger partial charge in [-0.3, -0.25) is 0 Å². The van der Waals surface area contributed by atoms with Crippen molar-refractivity contribution in [1.29, 1.82) is 10.5 Å². The van der Waals surface area contributed by atoms with E-state index < -0.39 is 23.5 Å². The molecule has 73 heavy (non-hydrogen) atoms. The van der Waals surface area contributed by atoms with E-state index in [4.69, 9.17) is 9.97 Å². The molecule has 0 saturated heterocycles. The highest BCUT2D eigenvalue weighted by Crippen LogP contribution is 2.47. The van der Waals surface area contributed by atoms with Crippen LogP contribution in [0.1, 0.15) is 22.3 Å². The molecule has 0 fully saturated rings. The molecule has 9 aromatic carbocycles. The van der Waals surface area contributed by atoms with Crippen LogP contribution in [0.4, 0.5) is 26.3 Å². The summed E-state index contributed by atoms with van der Waals surface area (Å²) in [6, 6.07) is 64.0. The lowest BCUT2D eigenvalue weighted by atomic mass is 9.91. The van der Waals surface area contributed by atoms with Crippen LogP contribution in [0.2, 0.25) is 0 Å². The molecule has 0 aliphatic heterocycles. The first-order valence-electron chi connectivity index (χ1n) is 23.0. The molecule has 11 rings (SSSR count). The van der Waals surface area contributed by atoms with E-state index in [1.807, 2.05) is 120 Å². The minimum absolute atomic E-state index is 0.132. The number of rotatable bonds is 8. The predicted octanol–water partition coefficient (Wildman–Crippen LogP) is 17.0. The second-order valence-electron chi connectivity index (χ2n) is 17.5. The fourth-order valence-corrected chi connectivity index (χ4v) is 9.42. The molecular formula is C62H35F6N5. The molecule has 0 aliphatic rings. The van der Waals surface area contributed by atoms with Crippen molar-refractivity contribution in [3.63, 3.8) is 0 Å². The molecule has 2 heterocycles. The summed E-state index contributed by atoms with van der Waals surface area (Å²) in [6.45, 7) is 0. The van der Waals surface area contributed by atoms with Crippen molar-refractivity contribution in [2.75, 3.05) is 0 Å². The van der Waals surface area contributed by atoms with Crippen LogP contribution in [-0.4, -0.2) is 14.5 Å². The minimum atomic E-state index is -4.75. The van der Waals surface area contributed by atoms with E-state index in [2.05, 4.69) is 12.1 Å². The number of alkyl halides is 6. The Hall–Kier alpha value is -9.58. The van der Waals surface area contributed by atoms with E-state index in [9.17, 15) is 36.9 Å². The molecule has 11 aromatic rings. The third kappa shape index (κ3) is 8.85. The smallest absolute Gasteiger partial charge is 0.308 e. The predicted molar refractivity (Wildman–Crippen MR) is 274 cm³/mol. The number of hydrogen-bond donors (Lipinski definition) is 0. The van der Waals surface area contributed by atoms with Crippen molar-refractivity contribution in [1.82, 2.24) is 14.5 Å². The molecule has 2 aromatic heterocycles. The van der Waals surface area contributed by atoms with Crippen LogP contribution >= 0.6 is 0 Å². The van der Waals surface area contributed by atoms with Crippen LogP contribution in [0.3, 0.4) is 0 Å². The Balaban J connectivity index is 1.29. The third-order valence-corrected chi connectivity index (χ3v) is 12.9. The summed E-state index contributed by atoms with van der Waals surface area (Å²) in [4.78, 5) is 10.1. The van der Waals surface area contributed by atoms with E-state index in [1.165, 1.54) is 12.1 Å². The van der Waals surface area contributed by atoms with E-state index in [-0.39, 0.29) is 28.1 Å². The maximum absolute atomic E-state index is 14.8. The lowest BCUT2D eigenvalue weighted by Crippen LogP contribution is -2.07. The van der Waals surface area contributed by atoms with Crippen molar-refractivity contribution in [3.05, 3.63) is 235 Å². The highest BCUT2D eigenvalue weighted by molar-refractivity contribution is 6.13. The standard InChI is InChI=1S/C62H35F6N5/c63-61(64,65)49-21-9-19-46(29-49)51-33-48(60-71-55(40-13-3-1-4-14-40)35-56(72-60)41-15-5-2-6-16-41)34-52(47-20-10-22-50(30-47)62(66,67)68)59(51)73-57-25-23-44(42-17-7-11-38(27-42)36-69)31-53(57)54-32-45(24-26-58(54)73)43-18-8-12-39(28-43)37-70/h1-35H. The Bertz CT molecular complexity index is 3780. The topological polar surface area (TPSA) is 78.3 Å². The quantitative estimate of drug-likeness (QED) is 0.142. The van der Waals surface area contributed by atoms with Gasteiger partial charge in [0.1, 0.15) is 0 Å². The van der Waals surface area contributed by atoms with Gasteiger partial charge in [-0.2, -0.15) is 36.9 Å². The number of fused-ring (bicyclic) bond motifs is 3. The number of nitriles is 2. The summed E-state index contributed by atoms with van der Waals surface area (Å²) in [7, 11) is 0. The summed E-state index contributed by atoms with van der Waals surface area (Å²) >= 11 is 0. The Morgan fingerprint density at radius 2 is 0.753 bits per heavy atom. The Morgan fingerprint density at radius 3 is 1.18 bits per heavy atom. The number of hydrogen-bond acceptors (Lipinski definition) is 4. The van der Waals surface area contributed by atoms with Gasteiger partial charge in [0.2, 0.25) is 0 Å². The maximum atomic E-state index is 14.8. The summed E-state index contributed by atoms with van der Waals surface area (Å²) < 4.78 is 90.8. The molecule has 5 nitrogen and oxygen atoms in total. The molecule has 350 valence electrons. The molecule has 0 aliphatic carbocycles. The SMILES string of the molecule is N#Cc1cccc(-c2ccc3c(c2)c2cc(-c4cccc(C#N)c4)ccc2n3-c2c(-c3cccc(C(F)(F)F)c3)cc(-c3nc(-c4ccccc4)cc(-c4ccccc4)n3)cc2-c2cccc(C(F)(F)F)c2)c1. The average Bonchev–Trinajstić information content (AvgIpc) is 3.75. The van der Waals surface area contributed by atoms with E-state index in [1.54, 1.807) is 60.7 Å². The van der Waals surface area contributed by atoms with Crippen LogP contribution in [0.15, 0.2) is 212 Å². The van der Waals surface area contributed by atoms with E-state index in [0.29, 0.717) is 55.6 Å². The lowest BCUT2D eigenvalue weighted by Gasteiger charge is -2.22. The second kappa shape index (κ2) is 18.3.